The van der Waals surface area contributed by atoms with Crippen LogP contribution in [0.5, 0.6) is 0 Å². The normalized spacial score (nSPS) is 27.3. The van der Waals surface area contributed by atoms with Gasteiger partial charge >= 0.3 is 5.69 Å². The number of rotatable bonds is 3. The van der Waals surface area contributed by atoms with Crippen LogP contribution in [0.3, 0.4) is 0 Å². The number of ether oxygens (including phenoxy) is 1. The van der Waals surface area contributed by atoms with Crippen molar-refractivity contribution in [1.82, 2.24) is 9.55 Å². The van der Waals surface area contributed by atoms with Crippen molar-refractivity contribution in [3.8, 4) is 0 Å². The van der Waals surface area contributed by atoms with E-state index in [1.807, 2.05) is 0 Å². The van der Waals surface area contributed by atoms with Crippen molar-refractivity contribution in [2.45, 2.75) is 24.9 Å². The number of aromatic nitrogens is 2. The third-order valence-corrected chi connectivity index (χ3v) is 3.12. The number of hydrogen-bond donors (Lipinski definition) is 2. The SMILES string of the molecule is O=Cc1cn([C@H]2CC[C@@](F)(CO)O2)c(=O)[nH]c1=S. The molecule has 2 N–H and O–H groups in total. The van der Waals surface area contributed by atoms with Gasteiger partial charge in [-0.2, -0.15) is 0 Å². The van der Waals surface area contributed by atoms with Crippen molar-refractivity contribution in [3.05, 3.63) is 26.9 Å². The number of aldehydes is 1. The molecule has 1 aliphatic rings. The topological polar surface area (TPSA) is 84.3 Å². The average Bonchev–Trinajstić information content (AvgIpc) is 2.73. The summed E-state index contributed by atoms with van der Waals surface area (Å²) in [4.78, 5) is 24.7. The van der Waals surface area contributed by atoms with Crippen LogP contribution in [0.25, 0.3) is 0 Å². The number of carbonyl (C=O) groups excluding carboxylic acids is 1. The molecule has 1 saturated heterocycles. The summed E-state index contributed by atoms with van der Waals surface area (Å²) >= 11 is 4.79. The Morgan fingerprint density at radius 3 is 3.06 bits per heavy atom. The molecule has 0 radical (unpaired) electrons. The monoisotopic (exact) mass is 274 g/mol. The zero-order chi connectivity index (χ0) is 13.3. The molecule has 1 aromatic heterocycles. The van der Waals surface area contributed by atoms with Gasteiger partial charge in [-0.25, -0.2) is 9.18 Å². The van der Waals surface area contributed by atoms with E-state index in [4.69, 9.17) is 22.1 Å². The number of nitrogens with one attached hydrogen (secondary N) is 1. The van der Waals surface area contributed by atoms with Crippen molar-refractivity contribution in [1.29, 1.82) is 0 Å². The minimum atomic E-state index is -2.14. The van der Waals surface area contributed by atoms with Crippen LogP contribution in [-0.2, 0) is 4.74 Å². The number of alkyl halides is 1. The highest BCUT2D eigenvalue weighted by Crippen LogP contribution is 2.36. The molecule has 1 aromatic rings. The molecule has 1 fully saturated rings. The van der Waals surface area contributed by atoms with Crippen molar-refractivity contribution < 1.29 is 19.0 Å². The molecule has 1 aliphatic heterocycles. The molecular weight excluding hydrogens is 263 g/mol. The van der Waals surface area contributed by atoms with Crippen LogP contribution in [0.4, 0.5) is 4.39 Å². The van der Waals surface area contributed by atoms with Gasteiger partial charge in [0.05, 0.1) is 5.56 Å². The molecule has 18 heavy (non-hydrogen) atoms. The molecular formula is C10H11FN2O4S. The second-order valence-electron chi connectivity index (χ2n) is 4.02. The van der Waals surface area contributed by atoms with Crippen molar-refractivity contribution in [2.24, 2.45) is 0 Å². The highest BCUT2D eigenvalue weighted by Gasteiger charge is 2.41. The Morgan fingerprint density at radius 1 is 1.78 bits per heavy atom. The first kappa shape index (κ1) is 13.1. The van der Waals surface area contributed by atoms with E-state index >= 15 is 0 Å². The summed E-state index contributed by atoms with van der Waals surface area (Å²) in [6.45, 7) is -0.776. The lowest BCUT2D eigenvalue weighted by atomic mass is 10.2. The first-order valence-electron chi connectivity index (χ1n) is 5.27. The average molecular weight is 274 g/mol. The smallest absolute Gasteiger partial charge is 0.328 e. The van der Waals surface area contributed by atoms with Crippen molar-refractivity contribution >= 4 is 18.5 Å². The predicted molar refractivity (Wildman–Crippen MR) is 61.6 cm³/mol. The third kappa shape index (κ3) is 2.26. The van der Waals surface area contributed by atoms with Gasteiger partial charge in [-0.05, 0) is 6.42 Å². The molecule has 2 heterocycles. The highest BCUT2D eigenvalue weighted by molar-refractivity contribution is 7.71. The summed E-state index contributed by atoms with van der Waals surface area (Å²) in [6.07, 6.45) is 1.06. The molecule has 8 heteroatoms. The zero-order valence-corrected chi connectivity index (χ0v) is 10.1. The van der Waals surface area contributed by atoms with Gasteiger partial charge in [-0.1, -0.05) is 12.2 Å². The van der Waals surface area contributed by atoms with E-state index in [2.05, 4.69) is 4.98 Å². The first-order valence-corrected chi connectivity index (χ1v) is 5.68. The highest BCUT2D eigenvalue weighted by atomic mass is 32.1. The summed E-state index contributed by atoms with van der Waals surface area (Å²) < 4.78 is 19.8. The Labute approximate surface area is 106 Å². The van der Waals surface area contributed by atoms with Crippen LogP contribution in [-0.4, -0.2) is 33.4 Å². The quantitative estimate of drug-likeness (QED) is 0.625. The number of halogens is 1. The van der Waals surface area contributed by atoms with E-state index < -0.39 is 24.4 Å². The molecule has 0 spiro atoms. The number of hydrogen-bond acceptors (Lipinski definition) is 5. The van der Waals surface area contributed by atoms with Crippen LogP contribution in [0, 0.1) is 4.64 Å². The van der Waals surface area contributed by atoms with E-state index in [0.29, 0.717) is 6.29 Å². The Kier molecular flexibility index (Phi) is 3.42. The molecule has 0 saturated carbocycles. The van der Waals surface area contributed by atoms with Gasteiger partial charge in [0, 0.05) is 12.6 Å². The molecule has 98 valence electrons. The number of aliphatic hydroxyl groups excluding tert-OH is 1. The van der Waals surface area contributed by atoms with Gasteiger partial charge in [0.25, 0.3) is 0 Å². The third-order valence-electron chi connectivity index (χ3n) is 2.78. The standard InChI is InChI=1S/C10H11FN2O4S/c11-10(5-15)2-1-7(17-10)13-3-6(4-14)8(18)12-9(13)16/h3-4,7,15H,1-2,5H2,(H,12,16,18)/t7-,10+/m1/s1. The van der Waals surface area contributed by atoms with Crippen LogP contribution in [0.15, 0.2) is 11.0 Å². The van der Waals surface area contributed by atoms with Gasteiger partial charge in [0.2, 0.25) is 5.85 Å². The van der Waals surface area contributed by atoms with Gasteiger partial charge in [-0.3, -0.25) is 14.3 Å². The maximum atomic E-state index is 13.7. The fraction of sp³-hybridized carbons (Fsp3) is 0.500. The van der Waals surface area contributed by atoms with Crippen LogP contribution in [0.2, 0.25) is 0 Å². The zero-order valence-electron chi connectivity index (χ0n) is 9.26. The Balaban J connectivity index is 2.38. The molecule has 0 amide bonds. The van der Waals surface area contributed by atoms with Gasteiger partial charge < -0.3 is 9.84 Å². The lowest BCUT2D eigenvalue weighted by Crippen LogP contribution is -2.31. The number of carbonyl (C=O) groups is 1. The van der Waals surface area contributed by atoms with E-state index in [1.165, 1.54) is 6.20 Å². The van der Waals surface area contributed by atoms with Crippen LogP contribution < -0.4 is 5.69 Å². The van der Waals surface area contributed by atoms with E-state index in [1.54, 1.807) is 0 Å². The number of aromatic amines is 1. The Bertz CT molecular complexity index is 584. The summed E-state index contributed by atoms with van der Waals surface area (Å²) in [5, 5.41) is 8.84. The molecule has 0 aromatic carbocycles. The van der Waals surface area contributed by atoms with E-state index in [-0.39, 0.29) is 23.0 Å². The maximum absolute atomic E-state index is 13.7. The fourth-order valence-electron chi connectivity index (χ4n) is 1.81. The van der Waals surface area contributed by atoms with Gasteiger partial charge in [0.15, 0.2) is 6.29 Å². The second-order valence-corrected chi connectivity index (χ2v) is 4.43. The molecule has 0 unspecified atom stereocenters. The Hall–Kier alpha value is -1.38. The maximum Gasteiger partial charge on any atom is 0.328 e. The number of aliphatic hydroxyl groups is 1. The summed E-state index contributed by atoms with van der Waals surface area (Å²) in [7, 11) is 0. The second kappa shape index (κ2) is 4.71. The summed E-state index contributed by atoms with van der Waals surface area (Å²) in [6, 6.07) is 0. The lowest BCUT2D eigenvalue weighted by Gasteiger charge is -2.19. The van der Waals surface area contributed by atoms with E-state index in [0.717, 1.165) is 4.57 Å². The lowest BCUT2D eigenvalue weighted by molar-refractivity contribution is -0.177. The summed E-state index contributed by atoms with van der Waals surface area (Å²) in [5.41, 5.74) is -0.466. The van der Waals surface area contributed by atoms with Crippen molar-refractivity contribution in [2.75, 3.05) is 6.61 Å². The molecule has 0 bridgehead atoms. The molecule has 2 rings (SSSR count). The van der Waals surface area contributed by atoms with Gasteiger partial charge in [0.1, 0.15) is 17.5 Å². The van der Waals surface area contributed by atoms with Crippen LogP contribution >= 0.6 is 12.2 Å². The van der Waals surface area contributed by atoms with E-state index in [9.17, 15) is 14.0 Å². The summed E-state index contributed by atoms with van der Waals surface area (Å²) in [5.74, 6) is -2.14. The first-order chi connectivity index (χ1) is 8.49. The molecule has 0 aliphatic carbocycles. The molecule has 6 nitrogen and oxygen atoms in total. The minimum absolute atomic E-state index is 0.0212. The van der Waals surface area contributed by atoms with Gasteiger partial charge in [-0.15, -0.1) is 0 Å². The predicted octanol–water partition coefficient (Wildman–Crippen LogP) is 0.685. The minimum Gasteiger partial charge on any atom is -0.390 e. The number of nitrogens with zero attached hydrogens (tertiary/aromatic N) is 1. The fourth-order valence-corrected chi connectivity index (χ4v) is 2.00. The largest absolute Gasteiger partial charge is 0.390 e. The number of H-pyrrole nitrogens is 1. The molecule has 2 atom stereocenters. The Morgan fingerprint density at radius 2 is 2.50 bits per heavy atom. The van der Waals surface area contributed by atoms with Crippen LogP contribution in [0.1, 0.15) is 29.4 Å². The van der Waals surface area contributed by atoms with Crippen molar-refractivity contribution in [3.63, 3.8) is 0 Å².